The highest BCUT2D eigenvalue weighted by Crippen LogP contribution is 2.61. The van der Waals surface area contributed by atoms with Crippen LogP contribution in [0.1, 0.15) is 36.5 Å². The molecule has 1 amide bonds. The van der Waals surface area contributed by atoms with Crippen molar-refractivity contribution in [1.82, 2.24) is 4.90 Å². The average Bonchev–Trinajstić information content (AvgIpc) is 3.19. The minimum atomic E-state index is -0.388. The molecular weight excluding hydrogens is 378 g/mol. The van der Waals surface area contributed by atoms with Crippen LogP contribution in [0.25, 0.3) is 0 Å². The highest BCUT2D eigenvalue weighted by molar-refractivity contribution is 5.85. The van der Waals surface area contributed by atoms with Gasteiger partial charge in [-0.1, -0.05) is 43.3 Å². The number of methoxy groups -OCH3 is 1. The first-order valence-electron chi connectivity index (χ1n) is 10.7. The van der Waals surface area contributed by atoms with Crippen molar-refractivity contribution in [2.75, 3.05) is 13.7 Å². The van der Waals surface area contributed by atoms with E-state index < -0.39 is 0 Å². The molecule has 5 nitrogen and oxygen atoms in total. The number of esters is 1. The van der Waals surface area contributed by atoms with Crippen LogP contribution >= 0.6 is 0 Å². The third kappa shape index (κ3) is 2.75. The molecule has 4 atom stereocenters. The van der Waals surface area contributed by atoms with Gasteiger partial charge in [0, 0.05) is 18.9 Å². The number of hydrogen-bond acceptors (Lipinski definition) is 4. The van der Waals surface area contributed by atoms with Crippen molar-refractivity contribution in [1.29, 1.82) is 0 Å². The van der Waals surface area contributed by atoms with E-state index in [0.29, 0.717) is 19.6 Å². The van der Waals surface area contributed by atoms with Crippen molar-refractivity contribution in [3.05, 3.63) is 65.2 Å². The van der Waals surface area contributed by atoms with Gasteiger partial charge in [-0.2, -0.15) is 0 Å². The average molecular weight is 405 g/mol. The molecule has 1 spiro atoms. The zero-order valence-corrected chi connectivity index (χ0v) is 17.5. The topological polar surface area (TPSA) is 55.8 Å². The second-order valence-corrected chi connectivity index (χ2v) is 8.85. The maximum atomic E-state index is 12.9. The van der Waals surface area contributed by atoms with E-state index in [4.69, 9.17) is 9.47 Å². The lowest BCUT2D eigenvalue weighted by atomic mass is 9.74. The fourth-order valence-corrected chi connectivity index (χ4v) is 6.16. The predicted octanol–water partition coefficient (Wildman–Crippen LogP) is 3.69. The quantitative estimate of drug-likeness (QED) is 0.728. The first kappa shape index (κ1) is 19.2. The van der Waals surface area contributed by atoms with Crippen molar-refractivity contribution in [2.45, 2.75) is 38.3 Å². The Labute approximate surface area is 177 Å². The third-order valence-corrected chi connectivity index (χ3v) is 7.34. The van der Waals surface area contributed by atoms with E-state index in [1.807, 2.05) is 29.2 Å². The van der Waals surface area contributed by atoms with Gasteiger partial charge in [-0.15, -0.1) is 0 Å². The summed E-state index contributed by atoms with van der Waals surface area (Å²) >= 11 is 0. The summed E-state index contributed by atoms with van der Waals surface area (Å²) in [6.45, 7) is 3.34. The van der Waals surface area contributed by atoms with Gasteiger partial charge >= 0.3 is 5.97 Å². The van der Waals surface area contributed by atoms with Gasteiger partial charge in [0.15, 0.2) is 0 Å². The molecule has 0 N–H and O–H groups in total. The summed E-state index contributed by atoms with van der Waals surface area (Å²) in [4.78, 5) is 27.5. The Kier molecular flexibility index (Phi) is 4.57. The molecule has 156 valence electrons. The molecule has 2 aliphatic heterocycles. The Bertz CT molecular complexity index is 988. The summed E-state index contributed by atoms with van der Waals surface area (Å²) < 4.78 is 11.2. The number of rotatable bonds is 4. The van der Waals surface area contributed by atoms with Crippen LogP contribution in [0.4, 0.5) is 0 Å². The maximum Gasteiger partial charge on any atom is 0.309 e. The van der Waals surface area contributed by atoms with Crippen molar-refractivity contribution in [3.63, 3.8) is 0 Å². The first-order valence-corrected chi connectivity index (χ1v) is 10.7. The molecule has 2 heterocycles. The van der Waals surface area contributed by atoms with Crippen molar-refractivity contribution >= 4 is 11.9 Å². The molecular formula is C25H27NO4. The van der Waals surface area contributed by atoms with Crippen LogP contribution in [0, 0.1) is 17.8 Å². The van der Waals surface area contributed by atoms with Crippen molar-refractivity contribution in [2.24, 2.45) is 17.8 Å². The van der Waals surface area contributed by atoms with Crippen LogP contribution in [-0.2, 0) is 32.9 Å². The van der Waals surface area contributed by atoms with Crippen LogP contribution < -0.4 is 4.74 Å². The standard InChI is InChI=1S/C25H27NO4/c1-16-14-25-20-9-8-19(30-15-17-6-4-3-5-7-17)12-18(20)10-11-26(25)22(27)13-21(25)23(16)24(28)29-2/h3-9,12,16,21,23H,10-11,13-15H2,1-2H3. The summed E-state index contributed by atoms with van der Waals surface area (Å²) in [6, 6.07) is 16.4. The highest BCUT2D eigenvalue weighted by atomic mass is 16.5. The number of amides is 1. The van der Waals surface area contributed by atoms with E-state index in [9.17, 15) is 9.59 Å². The van der Waals surface area contributed by atoms with Gasteiger partial charge in [0.25, 0.3) is 0 Å². The zero-order chi connectivity index (χ0) is 20.9. The lowest BCUT2D eigenvalue weighted by Gasteiger charge is -2.44. The number of carbonyl (C=O) groups excluding carboxylic acids is 2. The Hall–Kier alpha value is -2.82. The van der Waals surface area contributed by atoms with Crippen molar-refractivity contribution in [3.8, 4) is 5.75 Å². The van der Waals surface area contributed by atoms with Gasteiger partial charge in [-0.3, -0.25) is 9.59 Å². The maximum absolute atomic E-state index is 12.9. The summed E-state index contributed by atoms with van der Waals surface area (Å²) in [5.41, 5.74) is 3.16. The lowest BCUT2D eigenvalue weighted by Crippen LogP contribution is -2.49. The molecule has 4 unspecified atom stereocenters. The SMILES string of the molecule is COC(=O)C1C(C)CC23c4ccc(OCc5ccccc5)cc4CCN2C(=O)CC13. The third-order valence-electron chi connectivity index (χ3n) is 7.34. The van der Waals surface area contributed by atoms with Gasteiger partial charge in [-0.05, 0) is 47.6 Å². The molecule has 0 radical (unpaired) electrons. The summed E-state index contributed by atoms with van der Waals surface area (Å²) in [5, 5.41) is 0. The smallest absolute Gasteiger partial charge is 0.309 e. The van der Waals surface area contributed by atoms with Crippen molar-refractivity contribution < 1.29 is 19.1 Å². The van der Waals surface area contributed by atoms with Crippen LogP contribution in [0.3, 0.4) is 0 Å². The van der Waals surface area contributed by atoms with E-state index >= 15 is 0 Å². The van der Waals surface area contributed by atoms with Gasteiger partial charge < -0.3 is 14.4 Å². The lowest BCUT2D eigenvalue weighted by molar-refractivity contribution is -0.148. The molecule has 30 heavy (non-hydrogen) atoms. The first-order chi connectivity index (χ1) is 14.5. The minimum Gasteiger partial charge on any atom is -0.489 e. The monoisotopic (exact) mass is 405 g/mol. The molecule has 2 fully saturated rings. The molecule has 3 aliphatic rings. The molecule has 1 saturated carbocycles. The number of ether oxygens (including phenoxy) is 2. The van der Waals surface area contributed by atoms with E-state index in [1.54, 1.807) is 0 Å². The van der Waals surface area contributed by atoms with Crippen LogP contribution in [0.15, 0.2) is 48.5 Å². The summed E-state index contributed by atoms with van der Waals surface area (Å²) in [6.07, 6.45) is 2.05. The molecule has 5 rings (SSSR count). The largest absolute Gasteiger partial charge is 0.489 e. The second-order valence-electron chi connectivity index (χ2n) is 8.85. The normalized spacial score (nSPS) is 29.2. The van der Waals surface area contributed by atoms with Crippen LogP contribution in [0.5, 0.6) is 5.75 Å². The molecule has 0 aromatic heterocycles. The molecule has 5 heteroatoms. The highest BCUT2D eigenvalue weighted by Gasteiger charge is 2.65. The summed E-state index contributed by atoms with van der Waals surface area (Å²) in [5.74, 6) is 0.744. The predicted molar refractivity (Wildman–Crippen MR) is 112 cm³/mol. The van der Waals surface area contributed by atoms with E-state index in [0.717, 1.165) is 24.2 Å². The fourth-order valence-electron chi connectivity index (χ4n) is 6.16. The molecule has 1 saturated heterocycles. The van der Waals surface area contributed by atoms with E-state index in [2.05, 4.69) is 31.2 Å². The Balaban J connectivity index is 1.48. The van der Waals surface area contributed by atoms with Gasteiger partial charge in [0.1, 0.15) is 12.4 Å². The molecule has 2 aromatic rings. The van der Waals surface area contributed by atoms with E-state index in [1.165, 1.54) is 18.2 Å². The summed E-state index contributed by atoms with van der Waals surface area (Å²) in [7, 11) is 1.44. The molecule has 1 aliphatic carbocycles. The fraction of sp³-hybridized carbons (Fsp3) is 0.440. The van der Waals surface area contributed by atoms with Crippen LogP contribution in [-0.4, -0.2) is 30.4 Å². The van der Waals surface area contributed by atoms with E-state index in [-0.39, 0.29) is 35.2 Å². The number of benzene rings is 2. The molecule has 2 aromatic carbocycles. The number of nitrogens with zero attached hydrogens (tertiary/aromatic N) is 1. The number of hydrogen-bond donors (Lipinski definition) is 0. The number of carbonyl (C=O) groups is 2. The molecule has 0 bridgehead atoms. The zero-order valence-electron chi connectivity index (χ0n) is 17.5. The minimum absolute atomic E-state index is 0.0254. The van der Waals surface area contributed by atoms with Gasteiger partial charge in [0.05, 0.1) is 18.6 Å². The van der Waals surface area contributed by atoms with Crippen LogP contribution in [0.2, 0.25) is 0 Å². The van der Waals surface area contributed by atoms with Gasteiger partial charge in [0.2, 0.25) is 5.91 Å². The van der Waals surface area contributed by atoms with Gasteiger partial charge in [-0.25, -0.2) is 0 Å². The second kappa shape index (κ2) is 7.15. The Morgan fingerprint density at radius 1 is 1.20 bits per heavy atom. The number of fused-ring (bicyclic) bond motifs is 1. The Morgan fingerprint density at radius 3 is 2.77 bits per heavy atom. The Morgan fingerprint density at radius 2 is 2.00 bits per heavy atom.